The molecule has 2 heterocycles. The number of nitrogens with zero attached hydrogens (tertiary/aromatic N) is 2. The number of nitrogens with one attached hydrogen (secondary N) is 1. The second kappa shape index (κ2) is 7.04. The quantitative estimate of drug-likeness (QED) is 0.897. The average Bonchev–Trinajstić information content (AvgIpc) is 2.86. The van der Waals surface area contributed by atoms with Crippen LogP contribution in [0.4, 0.5) is 4.39 Å². The first-order valence-corrected chi connectivity index (χ1v) is 8.20. The lowest BCUT2D eigenvalue weighted by molar-refractivity contribution is -0.128. The van der Waals surface area contributed by atoms with Gasteiger partial charge in [-0.25, -0.2) is 4.39 Å². The fourth-order valence-corrected chi connectivity index (χ4v) is 2.88. The van der Waals surface area contributed by atoms with Gasteiger partial charge in [-0.05, 0) is 38.0 Å². The Morgan fingerprint density at radius 3 is 2.56 bits per heavy atom. The van der Waals surface area contributed by atoms with E-state index in [1.807, 2.05) is 0 Å². The molecule has 132 valence electrons. The molecule has 7 heteroatoms. The molecule has 1 saturated heterocycles. The third-order valence-corrected chi connectivity index (χ3v) is 4.41. The highest BCUT2D eigenvalue weighted by Gasteiger charge is 2.37. The van der Waals surface area contributed by atoms with Crippen LogP contribution >= 0.6 is 0 Å². The highest BCUT2D eigenvalue weighted by Crippen LogP contribution is 2.22. The Balaban J connectivity index is 1.44. The molecule has 6 nitrogen and oxygen atoms in total. The van der Waals surface area contributed by atoms with Gasteiger partial charge < -0.3 is 14.7 Å². The van der Waals surface area contributed by atoms with Gasteiger partial charge in [0.2, 0.25) is 5.91 Å². The zero-order valence-corrected chi connectivity index (χ0v) is 14.2. The maximum atomic E-state index is 12.8. The van der Waals surface area contributed by atoms with Crippen molar-refractivity contribution in [2.75, 3.05) is 19.6 Å². The Labute approximate surface area is 145 Å². The summed E-state index contributed by atoms with van der Waals surface area (Å²) in [7, 11) is 0. The first-order chi connectivity index (χ1) is 12.0. The third kappa shape index (κ3) is 3.70. The van der Waals surface area contributed by atoms with Crippen LogP contribution in [0.25, 0.3) is 0 Å². The van der Waals surface area contributed by atoms with Gasteiger partial charge in [0.1, 0.15) is 17.1 Å². The Hall–Kier alpha value is -2.70. The summed E-state index contributed by atoms with van der Waals surface area (Å²) in [6.45, 7) is 4.70. The maximum absolute atomic E-state index is 12.8. The van der Waals surface area contributed by atoms with E-state index in [9.17, 15) is 14.0 Å². The lowest BCUT2D eigenvalue weighted by Crippen LogP contribution is -2.56. The largest absolute Gasteiger partial charge is 0.361 e. The van der Waals surface area contributed by atoms with Crippen molar-refractivity contribution in [3.05, 3.63) is 52.7 Å². The van der Waals surface area contributed by atoms with Crippen LogP contribution in [0.15, 0.2) is 28.8 Å². The van der Waals surface area contributed by atoms with E-state index in [1.54, 1.807) is 30.9 Å². The Morgan fingerprint density at radius 1 is 1.28 bits per heavy atom. The molecule has 1 aromatic carbocycles. The van der Waals surface area contributed by atoms with Gasteiger partial charge in [0.05, 0.1) is 11.6 Å². The monoisotopic (exact) mass is 345 g/mol. The van der Waals surface area contributed by atoms with Crippen LogP contribution in [0.3, 0.4) is 0 Å². The van der Waals surface area contributed by atoms with Crippen molar-refractivity contribution in [2.24, 2.45) is 5.92 Å². The second-order valence-electron chi connectivity index (χ2n) is 6.27. The van der Waals surface area contributed by atoms with Crippen LogP contribution < -0.4 is 5.32 Å². The number of carbonyl (C=O) groups excluding carboxylic acids is 2. The number of amides is 2. The molecule has 0 atom stereocenters. The Kier molecular flexibility index (Phi) is 4.83. The summed E-state index contributed by atoms with van der Waals surface area (Å²) < 4.78 is 17.9. The van der Waals surface area contributed by atoms with Crippen LogP contribution in [0.5, 0.6) is 0 Å². The van der Waals surface area contributed by atoms with Crippen molar-refractivity contribution in [3.63, 3.8) is 0 Å². The number of aryl methyl sites for hydroxylation is 2. The fraction of sp³-hybridized carbons (Fsp3) is 0.389. The standard InChI is InChI=1S/C18H20FN3O3/c1-11-16(12(2)25-21-11)18(24)22-9-14(10-22)17(23)20-8-7-13-3-5-15(19)6-4-13/h3-6,14H,7-10H2,1-2H3,(H,20,23). The van der Waals surface area contributed by atoms with Gasteiger partial charge in [-0.2, -0.15) is 0 Å². The lowest BCUT2D eigenvalue weighted by atomic mass is 9.97. The highest BCUT2D eigenvalue weighted by atomic mass is 19.1. The van der Waals surface area contributed by atoms with Crippen LogP contribution in [-0.4, -0.2) is 41.5 Å². The first-order valence-electron chi connectivity index (χ1n) is 8.20. The summed E-state index contributed by atoms with van der Waals surface area (Å²) in [5, 5.41) is 6.64. The van der Waals surface area contributed by atoms with Gasteiger partial charge >= 0.3 is 0 Å². The molecule has 1 aliphatic heterocycles. The third-order valence-electron chi connectivity index (χ3n) is 4.41. The van der Waals surface area contributed by atoms with Gasteiger partial charge in [-0.15, -0.1) is 0 Å². The topological polar surface area (TPSA) is 75.4 Å². The predicted octanol–water partition coefficient (Wildman–Crippen LogP) is 1.86. The van der Waals surface area contributed by atoms with Crippen molar-refractivity contribution < 1.29 is 18.5 Å². The van der Waals surface area contributed by atoms with Crippen LogP contribution in [0.1, 0.15) is 27.4 Å². The SMILES string of the molecule is Cc1noc(C)c1C(=O)N1CC(C(=O)NCCc2ccc(F)cc2)C1. The van der Waals surface area contributed by atoms with Crippen LogP contribution in [0.2, 0.25) is 0 Å². The molecular formula is C18H20FN3O3. The van der Waals surface area contributed by atoms with E-state index in [2.05, 4.69) is 10.5 Å². The molecular weight excluding hydrogens is 325 g/mol. The molecule has 0 bridgehead atoms. The van der Waals surface area contributed by atoms with Crippen molar-refractivity contribution in [2.45, 2.75) is 20.3 Å². The minimum atomic E-state index is -0.273. The smallest absolute Gasteiger partial charge is 0.259 e. The van der Waals surface area contributed by atoms with E-state index in [1.165, 1.54) is 12.1 Å². The summed E-state index contributed by atoms with van der Waals surface area (Å²) in [6, 6.07) is 6.21. The summed E-state index contributed by atoms with van der Waals surface area (Å²) in [4.78, 5) is 26.1. The molecule has 0 saturated carbocycles. The number of carbonyl (C=O) groups is 2. The second-order valence-corrected chi connectivity index (χ2v) is 6.27. The van der Waals surface area contributed by atoms with E-state index in [-0.39, 0.29) is 23.5 Å². The van der Waals surface area contributed by atoms with Crippen molar-refractivity contribution >= 4 is 11.8 Å². The molecule has 1 fully saturated rings. The zero-order chi connectivity index (χ0) is 18.0. The number of halogens is 1. The summed E-state index contributed by atoms with van der Waals surface area (Å²) >= 11 is 0. The zero-order valence-electron chi connectivity index (χ0n) is 14.2. The average molecular weight is 345 g/mol. The summed E-state index contributed by atoms with van der Waals surface area (Å²) in [6.07, 6.45) is 0.639. The van der Waals surface area contributed by atoms with E-state index in [0.29, 0.717) is 43.1 Å². The molecule has 1 N–H and O–H groups in total. The highest BCUT2D eigenvalue weighted by molar-refractivity contribution is 5.97. The predicted molar refractivity (Wildman–Crippen MR) is 88.5 cm³/mol. The summed E-state index contributed by atoms with van der Waals surface area (Å²) in [5.41, 5.74) is 2.01. The number of rotatable bonds is 5. The number of hydrogen-bond donors (Lipinski definition) is 1. The van der Waals surface area contributed by atoms with E-state index in [4.69, 9.17) is 4.52 Å². The maximum Gasteiger partial charge on any atom is 0.259 e. The molecule has 2 aromatic rings. The Morgan fingerprint density at radius 2 is 1.96 bits per heavy atom. The van der Waals surface area contributed by atoms with Gasteiger partial charge in [0.15, 0.2) is 0 Å². The minimum absolute atomic E-state index is 0.0649. The molecule has 1 aromatic heterocycles. The normalized spacial score (nSPS) is 14.3. The number of hydrogen-bond acceptors (Lipinski definition) is 4. The van der Waals surface area contributed by atoms with Crippen molar-refractivity contribution in [1.82, 2.24) is 15.4 Å². The van der Waals surface area contributed by atoms with Gasteiger partial charge in [0, 0.05) is 19.6 Å². The molecule has 0 spiro atoms. The van der Waals surface area contributed by atoms with E-state index in [0.717, 1.165) is 5.56 Å². The molecule has 2 amide bonds. The molecule has 25 heavy (non-hydrogen) atoms. The van der Waals surface area contributed by atoms with E-state index >= 15 is 0 Å². The molecule has 1 aliphatic rings. The van der Waals surface area contributed by atoms with Crippen LogP contribution in [0, 0.1) is 25.6 Å². The van der Waals surface area contributed by atoms with Gasteiger partial charge in [-0.3, -0.25) is 9.59 Å². The van der Waals surface area contributed by atoms with Gasteiger partial charge in [-0.1, -0.05) is 17.3 Å². The summed E-state index contributed by atoms with van der Waals surface area (Å²) in [5.74, 6) is -0.186. The van der Waals surface area contributed by atoms with Crippen LogP contribution in [-0.2, 0) is 11.2 Å². The van der Waals surface area contributed by atoms with Crippen molar-refractivity contribution in [3.8, 4) is 0 Å². The van der Waals surface area contributed by atoms with Gasteiger partial charge in [0.25, 0.3) is 5.91 Å². The number of likely N-dealkylation sites (tertiary alicyclic amines) is 1. The number of benzene rings is 1. The Bertz CT molecular complexity index is 760. The van der Waals surface area contributed by atoms with Crippen molar-refractivity contribution in [1.29, 1.82) is 0 Å². The minimum Gasteiger partial charge on any atom is -0.361 e. The fourth-order valence-electron chi connectivity index (χ4n) is 2.88. The first kappa shape index (κ1) is 17.1. The molecule has 0 aliphatic carbocycles. The lowest BCUT2D eigenvalue weighted by Gasteiger charge is -2.38. The molecule has 0 unspecified atom stereocenters. The van der Waals surface area contributed by atoms with E-state index < -0.39 is 0 Å². The molecule has 3 rings (SSSR count). The molecule has 0 radical (unpaired) electrons. The number of aromatic nitrogens is 1.